The van der Waals surface area contributed by atoms with Crippen molar-refractivity contribution >= 4 is 39.9 Å². The van der Waals surface area contributed by atoms with Crippen molar-refractivity contribution in [2.75, 3.05) is 5.32 Å². The summed E-state index contributed by atoms with van der Waals surface area (Å²) in [5, 5.41) is 15.2. The fourth-order valence-corrected chi connectivity index (χ4v) is 4.64. The van der Waals surface area contributed by atoms with Gasteiger partial charge in [-0.3, -0.25) is 9.59 Å². The van der Waals surface area contributed by atoms with Crippen molar-refractivity contribution in [2.24, 2.45) is 23.7 Å². The molecule has 128 valence electrons. The van der Waals surface area contributed by atoms with Crippen molar-refractivity contribution in [2.45, 2.75) is 6.42 Å². The number of anilines is 1. The van der Waals surface area contributed by atoms with E-state index < -0.39 is 17.8 Å². The molecule has 2 bridgehead atoms. The van der Waals surface area contributed by atoms with Crippen LogP contribution in [0.5, 0.6) is 0 Å². The van der Waals surface area contributed by atoms with Crippen LogP contribution in [0.2, 0.25) is 5.02 Å². The summed E-state index contributed by atoms with van der Waals surface area (Å²) >= 11 is 7.21. The van der Waals surface area contributed by atoms with Crippen molar-refractivity contribution in [3.63, 3.8) is 0 Å². The zero-order chi connectivity index (χ0) is 17.6. The molecule has 4 rings (SSSR count). The standard InChI is InChI=1S/C18H15ClN2O3S/c19-12-5-3-9(4-6-12)13-8-25-18(20-13)21-16(22)14-10-1-2-11(7-10)15(14)17(23)24/h1-6,8,10-11,14-15H,7H2,(H,23,24)(H,20,21,22)/t10-,11+,14+,15+/m1/s1. The monoisotopic (exact) mass is 374 g/mol. The highest BCUT2D eigenvalue weighted by molar-refractivity contribution is 7.14. The predicted octanol–water partition coefficient (Wildman–Crippen LogP) is 3.92. The SMILES string of the molecule is O=C(Nc1nc(-c2ccc(Cl)cc2)cs1)[C@@H]1[C@@H](C(=O)O)[C@H]2C=C[C@@H]1C2. The van der Waals surface area contributed by atoms with Gasteiger partial charge in [0.15, 0.2) is 5.13 Å². The number of hydrogen-bond acceptors (Lipinski definition) is 4. The Hall–Kier alpha value is -2.18. The first-order chi connectivity index (χ1) is 12.0. The summed E-state index contributed by atoms with van der Waals surface area (Å²) in [6.07, 6.45) is 4.63. The Kier molecular flexibility index (Phi) is 4.09. The molecule has 4 atom stereocenters. The van der Waals surface area contributed by atoms with Crippen LogP contribution in [-0.2, 0) is 9.59 Å². The molecule has 0 spiro atoms. The van der Waals surface area contributed by atoms with Gasteiger partial charge in [0.1, 0.15) is 0 Å². The number of halogens is 1. The molecule has 1 fully saturated rings. The van der Waals surface area contributed by atoms with Gasteiger partial charge in [-0.1, -0.05) is 35.9 Å². The van der Waals surface area contributed by atoms with Gasteiger partial charge in [0.25, 0.3) is 0 Å². The summed E-state index contributed by atoms with van der Waals surface area (Å²) < 4.78 is 0. The van der Waals surface area contributed by atoms with E-state index in [1.807, 2.05) is 29.7 Å². The van der Waals surface area contributed by atoms with Crippen LogP contribution in [0.3, 0.4) is 0 Å². The van der Waals surface area contributed by atoms with Crippen LogP contribution in [0.15, 0.2) is 41.8 Å². The Morgan fingerprint density at radius 1 is 1.16 bits per heavy atom. The van der Waals surface area contributed by atoms with Crippen LogP contribution in [0.25, 0.3) is 11.3 Å². The lowest BCUT2D eigenvalue weighted by Crippen LogP contribution is -2.36. The van der Waals surface area contributed by atoms with Gasteiger partial charge in [0.2, 0.25) is 5.91 Å². The molecule has 5 nitrogen and oxygen atoms in total. The Morgan fingerprint density at radius 3 is 2.52 bits per heavy atom. The molecule has 2 N–H and O–H groups in total. The van der Waals surface area contributed by atoms with Crippen LogP contribution in [0, 0.1) is 23.7 Å². The lowest BCUT2D eigenvalue weighted by atomic mass is 9.82. The molecule has 2 aliphatic rings. The number of rotatable bonds is 4. The number of aliphatic carboxylic acids is 1. The zero-order valence-electron chi connectivity index (χ0n) is 13.1. The highest BCUT2D eigenvalue weighted by Gasteiger charge is 2.51. The summed E-state index contributed by atoms with van der Waals surface area (Å²) in [7, 11) is 0. The second-order valence-electron chi connectivity index (χ2n) is 6.37. The van der Waals surface area contributed by atoms with Gasteiger partial charge in [0, 0.05) is 16.0 Å². The molecule has 1 aromatic heterocycles. The number of carbonyl (C=O) groups excluding carboxylic acids is 1. The molecule has 1 saturated carbocycles. The first kappa shape index (κ1) is 16.3. The zero-order valence-corrected chi connectivity index (χ0v) is 14.6. The van der Waals surface area contributed by atoms with E-state index >= 15 is 0 Å². The number of carbonyl (C=O) groups is 2. The molecule has 0 radical (unpaired) electrons. The van der Waals surface area contributed by atoms with Crippen LogP contribution in [0.4, 0.5) is 5.13 Å². The van der Waals surface area contributed by atoms with Gasteiger partial charge in [0.05, 0.1) is 17.5 Å². The molecule has 7 heteroatoms. The number of thiazole rings is 1. The fourth-order valence-electron chi connectivity index (χ4n) is 3.79. The molecular formula is C18H15ClN2O3S. The summed E-state index contributed by atoms with van der Waals surface area (Å²) in [6, 6.07) is 7.30. The number of nitrogens with one attached hydrogen (secondary N) is 1. The molecular weight excluding hydrogens is 360 g/mol. The number of carboxylic acids is 1. The van der Waals surface area contributed by atoms with E-state index in [4.69, 9.17) is 11.6 Å². The van der Waals surface area contributed by atoms with Crippen LogP contribution < -0.4 is 5.32 Å². The number of fused-ring (bicyclic) bond motifs is 2. The lowest BCUT2D eigenvalue weighted by molar-refractivity contribution is -0.146. The van der Waals surface area contributed by atoms with E-state index in [9.17, 15) is 14.7 Å². The van der Waals surface area contributed by atoms with E-state index in [0.29, 0.717) is 10.2 Å². The third kappa shape index (κ3) is 2.96. The van der Waals surface area contributed by atoms with Crippen molar-refractivity contribution in [1.82, 2.24) is 4.98 Å². The average molecular weight is 375 g/mol. The maximum atomic E-state index is 12.7. The van der Waals surface area contributed by atoms with Gasteiger partial charge in [-0.2, -0.15) is 0 Å². The van der Waals surface area contributed by atoms with E-state index in [1.165, 1.54) is 11.3 Å². The number of carboxylic acid groups (broad SMARTS) is 1. The first-order valence-electron chi connectivity index (χ1n) is 7.96. The minimum Gasteiger partial charge on any atom is -0.481 e. The maximum absolute atomic E-state index is 12.7. The number of benzene rings is 1. The number of hydrogen-bond donors (Lipinski definition) is 2. The van der Waals surface area contributed by atoms with Crippen molar-refractivity contribution in [3.05, 3.63) is 46.8 Å². The third-order valence-corrected chi connectivity index (χ3v) is 5.93. The molecule has 0 unspecified atom stereocenters. The third-order valence-electron chi connectivity index (χ3n) is 4.92. The smallest absolute Gasteiger partial charge is 0.307 e. The fraction of sp³-hybridized carbons (Fsp3) is 0.278. The second-order valence-corrected chi connectivity index (χ2v) is 7.67. The number of aromatic nitrogens is 1. The van der Waals surface area contributed by atoms with E-state index in [2.05, 4.69) is 10.3 Å². The van der Waals surface area contributed by atoms with E-state index in [0.717, 1.165) is 17.7 Å². The highest BCUT2D eigenvalue weighted by atomic mass is 35.5. The number of amides is 1. The summed E-state index contributed by atoms with van der Waals surface area (Å²) in [5.41, 5.74) is 1.66. The van der Waals surface area contributed by atoms with Gasteiger partial charge in [-0.05, 0) is 30.4 Å². The van der Waals surface area contributed by atoms with Gasteiger partial charge >= 0.3 is 5.97 Å². The van der Waals surface area contributed by atoms with Gasteiger partial charge in [-0.25, -0.2) is 4.98 Å². The molecule has 25 heavy (non-hydrogen) atoms. The van der Waals surface area contributed by atoms with Crippen molar-refractivity contribution in [1.29, 1.82) is 0 Å². The predicted molar refractivity (Wildman–Crippen MR) is 96.5 cm³/mol. The minimum absolute atomic E-state index is 0.00166. The molecule has 1 heterocycles. The minimum atomic E-state index is -0.905. The highest BCUT2D eigenvalue weighted by Crippen LogP contribution is 2.48. The summed E-state index contributed by atoms with van der Waals surface area (Å²) in [6.45, 7) is 0. The van der Waals surface area contributed by atoms with E-state index in [-0.39, 0.29) is 17.7 Å². The molecule has 1 aromatic carbocycles. The molecule has 0 aliphatic heterocycles. The maximum Gasteiger partial charge on any atom is 0.307 e. The lowest BCUT2D eigenvalue weighted by Gasteiger charge is -2.23. The first-order valence-corrected chi connectivity index (χ1v) is 9.22. The quantitative estimate of drug-likeness (QED) is 0.795. The second kappa shape index (κ2) is 6.28. The average Bonchev–Trinajstić information content (AvgIpc) is 3.30. The van der Waals surface area contributed by atoms with E-state index in [1.54, 1.807) is 12.1 Å². The normalized spacial score (nSPS) is 26.8. The van der Waals surface area contributed by atoms with Crippen LogP contribution in [-0.4, -0.2) is 22.0 Å². The Balaban J connectivity index is 1.51. The molecule has 2 aliphatic carbocycles. The Morgan fingerprint density at radius 2 is 1.84 bits per heavy atom. The number of allylic oxidation sites excluding steroid dienone is 2. The molecule has 0 saturated heterocycles. The topological polar surface area (TPSA) is 79.3 Å². The summed E-state index contributed by atoms with van der Waals surface area (Å²) in [5.74, 6) is -2.39. The largest absolute Gasteiger partial charge is 0.481 e. The van der Waals surface area contributed by atoms with Gasteiger partial charge < -0.3 is 10.4 Å². The molecule has 1 amide bonds. The Labute approximate surface area is 153 Å². The molecule has 2 aromatic rings. The van der Waals surface area contributed by atoms with Gasteiger partial charge in [-0.15, -0.1) is 11.3 Å². The van der Waals surface area contributed by atoms with Crippen LogP contribution in [0.1, 0.15) is 6.42 Å². The van der Waals surface area contributed by atoms with Crippen LogP contribution >= 0.6 is 22.9 Å². The Bertz CT molecular complexity index is 861. The number of nitrogens with zero attached hydrogens (tertiary/aromatic N) is 1. The van der Waals surface area contributed by atoms with Crippen molar-refractivity contribution < 1.29 is 14.7 Å². The van der Waals surface area contributed by atoms with Crippen molar-refractivity contribution in [3.8, 4) is 11.3 Å². The summed E-state index contributed by atoms with van der Waals surface area (Å²) in [4.78, 5) is 28.6.